The second-order valence-corrected chi connectivity index (χ2v) is 6.56. The van der Waals surface area contributed by atoms with Crippen LogP contribution in [0, 0.1) is 11.8 Å². The number of likely N-dealkylation sites (tertiary alicyclic amines) is 1. The summed E-state index contributed by atoms with van der Waals surface area (Å²) in [5.74, 6) is 1.45. The van der Waals surface area contributed by atoms with Crippen LogP contribution >= 0.6 is 12.4 Å². The Hall–Kier alpha value is -0.360. The lowest BCUT2D eigenvalue weighted by Gasteiger charge is -2.37. The van der Waals surface area contributed by atoms with Crippen molar-refractivity contribution < 1.29 is 9.53 Å². The van der Waals surface area contributed by atoms with Gasteiger partial charge in [-0.15, -0.1) is 12.4 Å². The molecular formula is C16H32ClN3O2. The summed E-state index contributed by atoms with van der Waals surface area (Å²) in [6, 6.07) is 0. The highest BCUT2D eigenvalue weighted by atomic mass is 35.5. The number of amides is 1. The third-order valence-electron chi connectivity index (χ3n) is 4.89. The van der Waals surface area contributed by atoms with Crippen LogP contribution in [0.2, 0.25) is 0 Å². The summed E-state index contributed by atoms with van der Waals surface area (Å²) in [6.45, 7) is 6.68. The summed E-state index contributed by atoms with van der Waals surface area (Å²) in [5.41, 5.74) is 0. The number of nitrogens with one attached hydrogen (secondary N) is 1. The van der Waals surface area contributed by atoms with Crippen molar-refractivity contribution in [2.24, 2.45) is 11.8 Å². The van der Waals surface area contributed by atoms with E-state index >= 15 is 0 Å². The molecule has 0 aliphatic carbocycles. The highest BCUT2D eigenvalue weighted by Gasteiger charge is 2.31. The maximum absolute atomic E-state index is 12.2. The van der Waals surface area contributed by atoms with E-state index in [0.717, 1.165) is 51.8 Å². The predicted molar refractivity (Wildman–Crippen MR) is 91.5 cm³/mol. The van der Waals surface area contributed by atoms with E-state index in [1.165, 1.54) is 25.7 Å². The molecule has 22 heavy (non-hydrogen) atoms. The zero-order valence-electron chi connectivity index (χ0n) is 14.1. The number of hydrogen-bond acceptors (Lipinski definition) is 4. The summed E-state index contributed by atoms with van der Waals surface area (Å²) in [5, 5.41) is 3.18. The maximum Gasteiger partial charge on any atom is 0.228 e. The number of halogens is 1. The average Bonchev–Trinajstić information content (AvgIpc) is 2.44. The van der Waals surface area contributed by atoms with Crippen LogP contribution < -0.4 is 5.32 Å². The van der Waals surface area contributed by atoms with Crippen molar-refractivity contribution in [2.75, 3.05) is 60.0 Å². The van der Waals surface area contributed by atoms with Crippen LogP contribution in [0.4, 0.5) is 0 Å². The fourth-order valence-electron chi connectivity index (χ4n) is 3.17. The largest absolute Gasteiger partial charge is 0.383 e. The van der Waals surface area contributed by atoms with Gasteiger partial charge in [0.2, 0.25) is 5.91 Å². The number of piperidine rings is 1. The van der Waals surface area contributed by atoms with E-state index in [-0.39, 0.29) is 18.3 Å². The molecule has 0 radical (unpaired) electrons. The maximum atomic E-state index is 12.2. The number of likely N-dealkylation sites (N-methyl/N-ethyl adjacent to an activating group) is 1. The first-order chi connectivity index (χ1) is 10.2. The van der Waals surface area contributed by atoms with Gasteiger partial charge in [0, 0.05) is 39.8 Å². The van der Waals surface area contributed by atoms with Crippen molar-refractivity contribution in [3.05, 3.63) is 0 Å². The van der Waals surface area contributed by atoms with E-state index in [9.17, 15) is 4.79 Å². The molecule has 0 aromatic heterocycles. The third-order valence-corrected chi connectivity index (χ3v) is 4.89. The van der Waals surface area contributed by atoms with Gasteiger partial charge in [0.05, 0.1) is 12.5 Å². The van der Waals surface area contributed by atoms with Gasteiger partial charge in [-0.1, -0.05) is 0 Å². The zero-order chi connectivity index (χ0) is 15.1. The molecule has 5 nitrogen and oxygen atoms in total. The smallest absolute Gasteiger partial charge is 0.228 e. The molecule has 1 N–H and O–H groups in total. The van der Waals surface area contributed by atoms with E-state index in [0.29, 0.717) is 5.91 Å². The molecular weight excluding hydrogens is 302 g/mol. The van der Waals surface area contributed by atoms with Crippen LogP contribution in [0.25, 0.3) is 0 Å². The Labute approximate surface area is 141 Å². The lowest BCUT2D eigenvalue weighted by Crippen LogP contribution is -2.53. The third kappa shape index (κ3) is 6.03. The fraction of sp³-hybridized carbons (Fsp3) is 0.938. The Balaban J connectivity index is 0.00000242. The van der Waals surface area contributed by atoms with E-state index in [4.69, 9.17) is 4.74 Å². The molecule has 0 bridgehead atoms. The molecule has 2 rings (SSSR count). The van der Waals surface area contributed by atoms with Gasteiger partial charge >= 0.3 is 0 Å². The van der Waals surface area contributed by atoms with Crippen molar-refractivity contribution >= 4 is 18.3 Å². The number of methoxy groups -OCH3 is 1. The van der Waals surface area contributed by atoms with Crippen LogP contribution in [0.1, 0.15) is 25.7 Å². The number of nitrogens with zero attached hydrogens (tertiary/aromatic N) is 2. The highest BCUT2D eigenvalue weighted by Crippen LogP contribution is 2.23. The van der Waals surface area contributed by atoms with Crippen LogP contribution in [-0.4, -0.2) is 75.7 Å². The molecule has 1 amide bonds. The molecule has 0 spiro atoms. The van der Waals surface area contributed by atoms with E-state index in [1.54, 1.807) is 7.11 Å². The minimum atomic E-state index is 0. The van der Waals surface area contributed by atoms with Gasteiger partial charge in [0.25, 0.3) is 0 Å². The fourth-order valence-corrected chi connectivity index (χ4v) is 3.17. The first-order valence-electron chi connectivity index (χ1n) is 8.37. The van der Waals surface area contributed by atoms with Crippen molar-refractivity contribution in [3.63, 3.8) is 0 Å². The SMILES string of the molecule is COCCN(C)CCCC1CCN(C(=O)C2CNC2)CC1.Cl. The van der Waals surface area contributed by atoms with Gasteiger partial charge in [0.1, 0.15) is 0 Å². The van der Waals surface area contributed by atoms with Gasteiger partial charge in [0.15, 0.2) is 0 Å². The molecule has 2 aliphatic rings. The van der Waals surface area contributed by atoms with E-state index in [2.05, 4.69) is 22.2 Å². The molecule has 0 saturated carbocycles. The minimum absolute atomic E-state index is 0. The molecule has 6 heteroatoms. The summed E-state index contributed by atoms with van der Waals surface area (Å²) in [4.78, 5) is 16.6. The quantitative estimate of drug-likeness (QED) is 0.725. The van der Waals surface area contributed by atoms with Gasteiger partial charge in [-0.25, -0.2) is 0 Å². The summed E-state index contributed by atoms with van der Waals surface area (Å²) >= 11 is 0. The van der Waals surface area contributed by atoms with Crippen LogP contribution in [0.5, 0.6) is 0 Å². The number of carbonyl (C=O) groups excluding carboxylic acids is 1. The molecule has 2 heterocycles. The summed E-state index contributed by atoms with van der Waals surface area (Å²) in [6.07, 6.45) is 4.93. The molecule has 0 aromatic carbocycles. The monoisotopic (exact) mass is 333 g/mol. The normalized spacial score (nSPS) is 19.9. The Morgan fingerprint density at radius 3 is 2.50 bits per heavy atom. The lowest BCUT2D eigenvalue weighted by atomic mass is 9.91. The van der Waals surface area contributed by atoms with Crippen LogP contribution in [0.15, 0.2) is 0 Å². The van der Waals surface area contributed by atoms with Gasteiger partial charge in [-0.3, -0.25) is 4.79 Å². The Kier molecular flexibility index (Phi) is 9.33. The van der Waals surface area contributed by atoms with Crippen LogP contribution in [-0.2, 0) is 9.53 Å². The molecule has 0 aromatic rings. The second-order valence-electron chi connectivity index (χ2n) is 6.56. The topological polar surface area (TPSA) is 44.8 Å². The van der Waals surface area contributed by atoms with Crippen LogP contribution in [0.3, 0.4) is 0 Å². The number of rotatable bonds is 8. The first kappa shape index (κ1) is 19.7. The highest BCUT2D eigenvalue weighted by molar-refractivity contribution is 5.85. The van der Waals surface area contributed by atoms with Crippen molar-refractivity contribution in [2.45, 2.75) is 25.7 Å². The Morgan fingerprint density at radius 2 is 1.95 bits per heavy atom. The lowest BCUT2D eigenvalue weighted by molar-refractivity contribution is -0.138. The Bertz CT molecular complexity index is 319. The van der Waals surface area contributed by atoms with E-state index in [1.807, 2.05) is 0 Å². The Morgan fingerprint density at radius 1 is 1.27 bits per heavy atom. The van der Waals surface area contributed by atoms with E-state index < -0.39 is 0 Å². The molecule has 130 valence electrons. The van der Waals surface area contributed by atoms with Gasteiger partial charge < -0.3 is 19.9 Å². The minimum Gasteiger partial charge on any atom is -0.383 e. The second kappa shape index (κ2) is 10.4. The number of carbonyl (C=O) groups is 1. The molecule has 2 saturated heterocycles. The van der Waals surface area contributed by atoms with Gasteiger partial charge in [-0.05, 0) is 45.2 Å². The molecule has 0 unspecified atom stereocenters. The van der Waals surface area contributed by atoms with Gasteiger partial charge in [-0.2, -0.15) is 0 Å². The predicted octanol–water partition coefficient (Wildman–Crippen LogP) is 1.22. The summed E-state index contributed by atoms with van der Waals surface area (Å²) in [7, 11) is 3.91. The molecule has 2 aliphatic heterocycles. The summed E-state index contributed by atoms with van der Waals surface area (Å²) < 4.78 is 5.09. The number of ether oxygens (including phenoxy) is 1. The standard InChI is InChI=1S/C16H31N3O2.ClH/c1-18(10-11-21-2)7-3-4-14-5-8-19(9-6-14)16(20)15-12-17-13-15;/h14-15,17H,3-13H2,1-2H3;1H. The van der Waals surface area contributed by atoms with Crippen molar-refractivity contribution in [1.29, 1.82) is 0 Å². The van der Waals surface area contributed by atoms with Crippen molar-refractivity contribution in [3.8, 4) is 0 Å². The first-order valence-corrected chi connectivity index (χ1v) is 8.37. The van der Waals surface area contributed by atoms with Crippen molar-refractivity contribution in [1.82, 2.24) is 15.1 Å². The molecule has 0 atom stereocenters. The number of hydrogen-bond donors (Lipinski definition) is 1. The zero-order valence-corrected chi connectivity index (χ0v) is 14.9. The average molecular weight is 334 g/mol. The molecule has 2 fully saturated rings.